The van der Waals surface area contributed by atoms with Crippen LogP contribution in [-0.2, 0) is 22.9 Å². The zero-order valence-electron chi connectivity index (χ0n) is 18.7. The van der Waals surface area contributed by atoms with E-state index in [0.717, 1.165) is 23.8 Å². The Labute approximate surface area is 210 Å². The Morgan fingerprint density at radius 1 is 1.09 bits per heavy atom. The first-order chi connectivity index (χ1) is 16.3. The lowest BCUT2D eigenvalue weighted by Gasteiger charge is -2.16. The molecule has 3 aromatic rings. The van der Waals surface area contributed by atoms with Gasteiger partial charge in [0.1, 0.15) is 12.4 Å². The fourth-order valence-electron chi connectivity index (χ4n) is 3.31. The second-order valence-corrected chi connectivity index (χ2v) is 10.7. The summed E-state index contributed by atoms with van der Waals surface area (Å²) in [6.07, 6.45) is -2.77. The SMILES string of the molecule is CC(Cc1cc(Cl)c(OCCC(F)(F)F)c(Cl)c1)c1ccc(OCc2ocnc2S(C)(=O)=O)cc1. The maximum atomic E-state index is 12.3. The molecular weight excluding hydrogens is 530 g/mol. The quantitative estimate of drug-likeness (QED) is 0.281. The molecule has 0 N–H and O–H groups in total. The van der Waals surface area contributed by atoms with Crippen molar-refractivity contribution in [3.05, 3.63) is 69.7 Å². The van der Waals surface area contributed by atoms with Gasteiger partial charge in [0.25, 0.3) is 0 Å². The fourth-order valence-corrected chi connectivity index (χ4v) is 4.70. The van der Waals surface area contributed by atoms with Crippen molar-refractivity contribution >= 4 is 33.0 Å². The highest BCUT2D eigenvalue weighted by atomic mass is 35.5. The van der Waals surface area contributed by atoms with E-state index in [1.54, 1.807) is 24.3 Å². The standard InChI is InChI=1S/C23H22Cl2F3NO5S/c1-14(9-15-10-18(24)21(19(25)11-15)32-8-7-23(26,27)28)16-3-5-17(6-4-16)33-12-20-22(29-13-34-20)35(2,30)31/h3-6,10-11,13-14H,7-9,12H2,1-2H3. The maximum Gasteiger partial charge on any atom is 0.392 e. The normalized spacial score (nSPS) is 13.0. The van der Waals surface area contributed by atoms with Crippen molar-refractivity contribution in [1.29, 1.82) is 0 Å². The van der Waals surface area contributed by atoms with Gasteiger partial charge < -0.3 is 13.9 Å². The smallest absolute Gasteiger partial charge is 0.392 e. The number of rotatable bonds is 10. The van der Waals surface area contributed by atoms with Gasteiger partial charge in [0.2, 0.25) is 0 Å². The third kappa shape index (κ3) is 7.78. The van der Waals surface area contributed by atoms with E-state index in [-0.39, 0.29) is 39.1 Å². The highest BCUT2D eigenvalue weighted by Crippen LogP contribution is 2.36. The molecule has 1 atom stereocenters. The number of benzene rings is 2. The van der Waals surface area contributed by atoms with E-state index in [2.05, 4.69) is 4.98 Å². The molecule has 0 aliphatic rings. The van der Waals surface area contributed by atoms with Crippen molar-refractivity contribution in [2.24, 2.45) is 0 Å². The minimum absolute atomic E-state index is 0.0290. The molecule has 0 aliphatic carbocycles. The zero-order valence-corrected chi connectivity index (χ0v) is 21.1. The first kappa shape index (κ1) is 27.2. The van der Waals surface area contributed by atoms with Crippen LogP contribution in [0.2, 0.25) is 10.0 Å². The predicted octanol–water partition coefficient (Wildman–Crippen LogP) is 6.64. The summed E-state index contributed by atoms with van der Waals surface area (Å²) in [5, 5.41) is 0.134. The molecule has 0 spiro atoms. The predicted molar refractivity (Wildman–Crippen MR) is 125 cm³/mol. The average molecular weight is 552 g/mol. The number of nitrogens with zero attached hydrogens (tertiary/aromatic N) is 1. The third-order valence-electron chi connectivity index (χ3n) is 5.01. The molecule has 0 aliphatic heterocycles. The summed E-state index contributed by atoms with van der Waals surface area (Å²) in [6, 6.07) is 10.5. The van der Waals surface area contributed by atoms with Crippen LogP contribution in [0.5, 0.6) is 11.5 Å². The first-order valence-corrected chi connectivity index (χ1v) is 13.0. The van der Waals surface area contributed by atoms with Crippen molar-refractivity contribution in [2.75, 3.05) is 12.9 Å². The molecule has 0 fully saturated rings. The first-order valence-electron chi connectivity index (χ1n) is 10.4. The molecule has 0 saturated carbocycles. The highest BCUT2D eigenvalue weighted by Gasteiger charge is 2.27. The van der Waals surface area contributed by atoms with Crippen LogP contribution >= 0.6 is 23.2 Å². The minimum atomic E-state index is -4.33. The van der Waals surface area contributed by atoms with E-state index in [1.807, 2.05) is 19.1 Å². The van der Waals surface area contributed by atoms with Crippen molar-refractivity contribution in [1.82, 2.24) is 4.98 Å². The molecule has 2 aromatic carbocycles. The Hall–Kier alpha value is -2.43. The number of hydrogen-bond donors (Lipinski definition) is 0. The lowest BCUT2D eigenvalue weighted by atomic mass is 9.93. The Morgan fingerprint density at radius 2 is 1.71 bits per heavy atom. The van der Waals surface area contributed by atoms with Crippen LogP contribution in [0.3, 0.4) is 0 Å². The van der Waals surface area contributed by atoms with Crippen molar-refractivity contribution in [3.63, 3.8) is 0 Å². The number of sulfone groups is 1. The second kappa shape index (κ2) is 11.1. The van der Waals surface area contributed by atoms with E-state index in [0.29, 0.717) is 12.2 Å². The largest absolute Gasteiger partial charge is 0.490 e. The molecule has 0 saturated heterocycles. The Balaban J connectivity index is 1.60. The molecule has 6 nitrogen and oxygen atoms in total. The minimum Gasteiger partial charge on any atom is -0.490 e. The molecule has 3 rings (SSSR count). The van der Waals surface area contributed by atoms with Gasteiger partial charge in [-0.3, -0.25) is 0 Å². The summed E-state index contributed by atoms with van der Waals surface area (Å²) < 4.78 is 76.3. The molecule has 35 heavy (non-hydrogen) atoms. The van der Waals surface area contributed by atoms with Crippen LogP contribution in [0.15, 0.2) is 52.2 Å². The van der Waals surface area contributed by atoms with E-state index < -0.39 is 29.0 Å². The Kier molecular flexibility index (Phi) is 8.61. The van der Waals surface area contributed by atoms with Crippen LogP contribution in [0.1, 0.15) is 36.1 Å². The van der Waals surface area contributed by atoms with Gasteiger partial charge in [0, 0.05) is 6.26 Å². The van der Waals surface area contributed by atoms with Gasteiger partial charge in [-0.2, -0.15) is 13.2 Å². The summed E-state index contributed by atoms with van der Waals surface area (Å²) in [5.41, 5.74) is 1.79. The monoisotopic (exact) mass is 551 g/mol. The number of aromatic nitrogens is 1. The molecule has 0 amide bonds. The van der Waals surface area contributed by atoms with Crippen LogP contribution in [0.4, 0.5) is 13.2 Å². The number of halogens is 5. The van der Waals surface area contributed by atoms with Crippen molar-refractivity contribution in [2.45, 2.75) is 43.5 Å². The maximum absolute atomic E-state index is 12.3. The van der Waals surface area contributed by atoms with Crippen LogP contribution < -0.4 is 9.47 Å². The average Bonchev–Trinajstić information content (AvgIpc) is 3.23. The van der Waals surface area contributed by atoms with E-state index >= 15 is 0 Å². The molecule has 1 aromatic heterocycles. The van der Waals surface area contributed by atoms with Crippen LogP contribution in [-0.4, -0.2) is 32.4 Å². The van der Waals surface area contributed by atoms with E-state index in [1.165, 1.54) is 0 Å². The fraction of sp³-hybridized carbons (Fsp3) is 0.348. The number of hydrogen-bond acceptors (Lipinski definition) is 6. The number of ether oxygens (including phenoxy) is 2. The van der Waals surface area contributed by atoms with Crippen molar-refractivity contribution < 1.29 is 35.5 Å². The second-order valence-electron chi connectivity index (χ2n) is 7.92. The number of oxazole rings is 1. The summed E-state index contributed by atoms with van der Waals surface area (Å²) in [6.45, 7) is 1.34. The van der Waals surface area contributed by atoms with Gasteiger partial charge in [0.15, 0.2) is 32.8 Å². The summed E-state index contributed by atoms with van der Waals surface area (Å²) in [5.74, 6) is 0.716. The van der Waals surface area contributed by atoms with Crippen LogP contribution in [0, 0.1) is 0 Å². The van der Waals surface area contributed by atoms with E-state index in [9.17, 15) is 21.6 Å². The summed E-state index contributed by atoms with van der Waals surface area (Å²) in [4.78, 5) is 3.71. The molecule has 1 heterocycles. The molecule has 190 valence electrons. The summed E-state index contributed by atoms with van der Waals surface area (Å²) in [7, 11) is -3.52. The lowest BCUT2D eigenvalue weighted by molar-refractivity contribution is -0.139. The Bertz CT molecular complexity index is 1240. The van der Waals surface area contributed by atoms with Gasteiger partial charge in [-0.15, -0.1) is 0 Å². The third-order valence-corrected chi connectivity index (χ3v) is 6.60. The van der Waals surface area contributed by atoms with Gasteiger partial charge in [0.05, 0.1) is 23.1 Å². The molecule has 1 unspecified atom stereocenters. The van der Waals surface area contributed by atoms with Gasteiger partial charge >= 0.3 is 6.18 Å². The van der Waals surface area contributed by atoms with Crippen molar-refractivity contribution in [3.8, 4) is 11.5 Å². The molecule has 12 heteroatoms. The molecule has 0 radical (unpaired) electrons. The summed E-state index contributed by atoms with van der Waals surface area (Å²) >= 11 is 12.4. The lowest BCUT2D eigenvalue weighted by Crippen LogP contribution is -2.13. The Morgan fingerprint density at radius 3 is 2.29 bits per heavy atom. The zero-order chi connectivity index (χ0) is 25.8. The van der Waals surface area contributed by atoms with Gasteiger partial charge in [-0.1, -0.05) is 42.3 Å². The topological polar surface area (TPSA) is 78.6 Å². The van der Waals surface area contributed by atoms with E-state index in [4.69, 9.17) is 37.1 Å². The van der Waals surface area contributed by atoms with Crippen LogP contribution in [0.25, 0.3) is 0 Å². The number of alkyl halides is 3. The van der Waals surface area contributed by atoms with Gasteiger partial charge in [-0.05, 0) is 47.7 Å². The van der Waals surface area contributed by atoms with Gasteiger partial charge in [-0.25, -0.2) is 13.4 Å². The molecular formula is C23H22Cl2F3NO5S. The highest BCUT2D eigenvalue weighted by molar-refractivity contribution is 7.90. The molecule has 0 bridgehead atoms.